The van der Waals surface area contributed by atoms with Gasteiger partial charge in [0, 0.05) is 5.56 Å². The zero-order chi connectivity index (χ0) is 16.3. The molecule has 0 saturated heterocycles. The van der Waals surface area contributed by atoms with Gasteiger partial charge in [-0.15, -0.1) is 0 Å². The average Bonchev–Trinajstić information content (AvgIpc) is 2.52. The van der Waals surface area contributed by atoms with Crippen LogP contribution in [0.3, 0.4) is 0 Å². The molecule has 0 radical (unpaired) electrons. The Balaban J connectivity index is 0.00000264. The van der Waals surface area contributed by atoms with Gasteiger partial charge in [0.1, 0.15) is 21.6 Å². The number of carbonyl (C=O) groups excluding carboxylic acids is 1. The fourth-order valence-electron chi connectivity index (χ4n) is 1.92. The molecule has 23 heavy (non-hydrogen) atoms. The molecule has 2 aromatic carbocycles. The van der Waals surface area contributed by atoms with Crippen molar-refractivity contribution in [2.45, 2.75) is 4.90 Å². The molecule has 0 atom stereocenters. The minimum atomic E-state index is -4.65. The van der Waals surface area contributed by atoms with Gasteiger partial charge in [-0.2, -0.15) is 0 Å². The van der Waals surface area contributed by atoms with Crippen LogP contribution in [0, 0.1) is 0 Å². The van der Waals surface area contributed by atoms with Crippen molar-refractivity contribution in [2.24, 2.45) is 0 Å². The number of benzene rings is 2. The van der Waals surface area contributed by atoms with Crippen LogP contribution in [0.5, 0.6) is 11.5 Å². The van der Waals surface area contributed by atoms with Crippen LogP contribution in [0.2, 0.25) is 0 Å². The minimum Gasteiger partial charge on any atom is -0.744 e. The summed E-state index contributed by atoms with van der Waals surface area (Å²) in [6.07, 6.45) is 0. The van der Waals surface area contributed by atoms with Gasteiger partial charge in [-0.05, 0) is 42.5 Å². The van der Waals surface area contributed by atoms with E-state index in [2.05, 4.69) is 0 Å². The molecule has 0 aliphatic heterocycles. The Morgan fingerprint density at radius 2 is 1.61 bits per heavy atom. The second-order valence-electron chi connectivity index (χ2n) is 4.37. The van der Waals surface area contributed by atoms with Gasteiger partial charge in [0.2, 0.25) is 0 Å². The van der Waals surface area contributed by atoms with E-state index in [1.54, 1.807) is 24.3 Å². The van der Waals surface area contributed by atoms with Crippen molar-refractivity contribution in [3.05, 3.63) is 53.6 Å². The molecule has 0 fully saturated rings. The van der Waals surface area contributed by atoms with Crippen molar-refractivity contribution < 1.29 is 56.8 Å². The Hall–Kier alpha value is -1.38. The zero-order valence-electron chi connectivity index (χ0n) is 12.9. The molecular weight excluding hydrogens is 331 g/mol. The monoisotopic (exact) mass is 344 g/mol. The van der Waals surface area contributed by atoms with Gasteiger partial charge >= 0.3 is 29.6 Å². The molecule has 0 saturated carbocycles. The molecule has 0 heterocycles. The predicted molar refractivity (Wildman–Crippen MR) is 77.4 cm³/mol. The second-order valence-corrected chi connectivity index (χ2v) is 5.75. The van der Waals surface area contributed by atoms with Crippen LogP contribution in [0.25, 0.3) is 0 Å². The fourth-order valence-corrected chi connectivity index (χ4v) is 2.41. The van der Waals surface area contributed by atoms with E-state index < -0.39 is 20.8 Å². The van der Waals surface area contributed by atoms with Gasteiger partial charge in [-0.1, -0.05) is 0 Å². The minimum absolute atomic E-state index is 0. The second kappa shape index (κ2) is 7.94. The van der Waals surface area contributed by atoms with Gasteiger partial charge in [-0.3, -0.25) is 4.79 Å². The van der Waals surface area contributed by atoms with Crippen LogP contribution < -0.4 is 39.0 Å². The van der Waals surface area contributed by atoms with Crippen molar-refractivity contribution in [3.63, 3.8) is 0 Å². The van der Waals surface area contributed by atoms with E-state index in [1.165, 1.54) is 20.3 Å². The Bertz CT molecular complexity index is 799. The summed E-state index contributed by atoms with van der Waals surface area (Å²) in [5.74, 6) is 0.317. The van der Waals surface area contributed by atoms with E-state index in [0.717, 1.165) is 12.1 Å². The molecule has 0 aliphatic rings. The molecule has 0 aromatic heterocycles. The maximum absolute atomic E-state index is 12.5. The van der Waals surface area contributed by atoms with E-state index in [4.69, 9.17) is 9.47 Å². The summed E-state index contributed by atoms with van der Waals surface area (Å²) in [7, 11) is -1.80. The van der Waals surface area contributed by atoms with Crippen LogP contribution in [0.1, 0.15) is 15.9 Å². The number of hydrogen-bond acceptors (Lipinski definition) is 6. The van der Waals surface area contributed by atoms with Crippen molar-refractivity contribution in [1.82, 2.24) is 0 Å². The molecule has 0 bridgehead atoms. The van der Waals surface area contributed by atoms with E-state index >= 15 is 0 Å². The fraction of sp³-hybridized carbons (Fsp3) is 0.133. The van der Waals surface area contributed by atoms with Gasteiger partial charge < -0.3 is 14.0 Å². The first-order valence-electron chi connectivity index (χ1n) is 6.19. The summed E-state index contributed by atoms with van der Waals surface area (Å²) in [4.78, 5) is 12.0. The molecule has 0 amide bonds. The van der Waals surface area contributed by atoms with Gasteiger partial charge in [0.15, 0.2) is 5.78 Å². The molecular formula is C15H13NaO6S. The van der Waals surface area contributed by atoms with Gasteiger partial charge in [-0.25, -0.2) is 8.42 Å². The third kappa shape index (κ3) is 4.55. The van der Waals surface area contributed by atoms with Crippen LogP contribution >= 0.6 is 0 Å². The first kappa shape index (κ1) is 19.7. The standard InChI is InChI=1S/C15H14O6S.Na/c1-20-11-5-3-10(4-6-11)15(16)13-9-12(22(17,18)19)7-8-14(13)21-2;/h3-9H,1-2H3,(H,17,18,19);/q;+1/p-1. The largest absolute Gasteiger partial charge is 1.00 e. The van der Waals surface area contributed by atoms with E-state index in [9.17, 15) is 17.8 Å². The van der Waals surface area contributed by atoms with E-state index in [0.29, 0.717) is 11.3 Å². The van der Waals surface area contributed by atoms with E-state index in [1.807, 2.05) is 0 Å². The average molecular weight is 344 g/mol. The molecule has 0 N–H and O–H groups in total. The Morgan fingerprint density at radius 3 is 2.09 bits per heavy atom. The normalized spacial score (nSPS) is 10.6. The Labute approximate surface area is 156 Å². The van der Waals surface area contributed by atoms with Crippen molar-refractivity contribution >= 4 is 15.9 Å². The SMILES string of the molecule is COc1ccc(C(=O)c2cc(S(=O)(=O)[O-])ccc2OC)cc1.[Na+]. The molecule has 116 valence electrons. The molecule has 0 spiro atoms. The maximum Gasteiger partial charge on any atom is 1.00 e. The summed E-state index contributed by atoms with van der Waals surface area (Å²) >= 11 is 0. The third-order valence-corrected chi connectivity index (χ3v) is 3.89. The van der Waals surface area contributed by atoms with Crippen molar-refractivity contribution in [1.29, 1.82) is 0 Å². The first-order chi connectivity index (χ1) is 10.4. The first-order valence-corrected chi connectivity index (χ1v) is 7.60. The summed E-state index contributed by atoms with van der Waals surface area (Å²) in [6.45, 7) is 0. The summed E-state index contributed by atoms with van der Waals surface area (Å²) in [5.41, 5.74) is 0.323. The topological polar surface area (TPSA) is 92.7 Å². The summed E-state index contributed by atoms with van der Waals surface area (Å²) < 4.78 is 43.4. The Morgan fingerprint density at radius 1 is 1.00 bits per heavy atom. The summed E-state index contributed by atoms with van der Waals surface area (Å²) in [6, 6.07) is 9.70. The van der Waals surface area contributed by atoms with Crippen LogP contribution in [-0.4, -0.2) is 33.0 Å². The molecule has 0 aliphatic carbocycles. The number of methoxy groups -OCH3 is 2. The molecule has 8 heteroatoms. The van der Waals surface area contributed by atoms with Gasteiger partial charge in [0.05, 0.1) is 24.7 Å². The quantitative estimate of drug-likeness (QED) is 0.386. The smallest absolute Gasteiger partial charge is 0.744 e. The van der Waals surface area contributed by atoms with Crippen molar-refractivity contribution in [2.75, 3.05) is 14.2 Å². The van der Waals surface area contributed by atoms with Gasteiger partial charge in [0.25, 0.3) is 0 Å². The number of hydrogen-bond donors (Lipinski definition) is 0. The number of ketones is 1. The predicted octanol–water partition coefficient (Wildman–Crippen LogP) is -1.16. The molecule has 0 unspecified atom stereocenters. The number of ether oxygens (including phenoxy) is 2. The van der Waals surface area contributed by atoms with Crippen LogP contribution in [0.15, 0.2) is 47.4 Å². The zero-order valence-corrected chi connectivity index (χ0v) is 15.7. The van der Waals surface area contributed by atoms with Crippen LogP contribution in [0.4, 0.5) is 0 Å². The van der Waals surface area contributed by atoms with E-state index in [-0.39, 0.29) is 40.9 Å². The van der Waals surface area contributed by atoms with Crippen molar-refractivity contribution in [3.8, 4) is 11.5 Å². The summed E-state index contributed by atoms with van der Waals surface area (Å²) in [5, 5.41) is 0. The number of carbonyl (C=O) groups is 1. The molecule has 6 nitrogen and oxygen atoms in total. The third-order valence-electron chi connectivity index (χ3n) is 3.06. The molecule has 2 aromatic rings. The Kier molecular flexibility index (Phi) is 6.79. The van der Waals surface area contributed by atoms with Crippen LogP contribution in [-0.2, 0) is 10.1 Å². The number of rotatable bonds is 5. The maximum atomic E-state index is 12.5. The molecule has 2 rings (SSSR count).